The molecule has 2 nitrogen and oxygen atoms in total. The molecule has 0 aromatic heterocycles. The summed E-state index contributed by atoms with van der Waals surface area (Å²) in [7, 11) is 0. The molecule has 1 unspecified atom stereocenters. The Kier molecular flexibility index (Phi) is 3.50. The van der Waals surface area contributed by atoms with Crippen molar-refractivity contribution in [2.75, 3.05) is 6.54 Å². The molecule has 86 valence electrons. The first-order valence-corrected chi connectivity index (χ1v) is 6.21. The predicted molar refractivity (Wildman–Crippen MR) is 64.2 cm³/mol. The Morgan fingerprint density at radius 2 is 2.31 bits per heavy atom. The lowest BCUT2D eigenvalue weighted by Crippen LogP contribution is -2.24. The molecule has 1 aliphatic heterocycles. The smallest absolute Gasteiger partial charge is 0.224 e. The van der Waals surface area contributed by atoms with E-state index in [2.05, 4.69) is 15.9 Å². The highest BCUT2D eigenvalue weighted by Gasteiger charge is 2.27. The van der Waals surface area contributed by atoms with Gasteiger partial charge in [-0.15, -0.1) is 0 Å². The first kappa shape index (κ1) is 11.9. The summed E-state index contributed by atoms with van der Waals surface area (Å²) in [5.74, 6) is -0.262. The number of hydrogen-bond acceptors (Lipinski definition) is 1. The monoisotopic (exact) mass is 305 g/mol. The van der Waals surface area contributed by atoms with Crippen LogP contribution in [0.1, 0.15) is 12.0 Å². The fourth-order valence-electron chi connectivity index (χ4n) is 1.73. The summed E-state index contributed by atoms with van der Waals surface area (Å²) in [6, 6.07) is 4.24. The van der Waals surface area contributed by atoms with Gasteiger partial charge in [0.15, 0.2) is 0 Å². The maximum absolute atomic E-state index is 12.8. The van der Waals surface area contributed by atoms with Crippen LogP contribution in [-0.4, -0.2) is 22.2 Å². The van der Waals surface area contributed by atoms with Gasteiger partial charge in [-0.25, -0.2) is 4.39 Å². The number of likely N-dealkylation sites (tertiary alicyclic amines) is 1. The molecule has 0 spiro atoms. The number of carbonyl (C=O) groups excluding carboxylic acids is 1. The molecule has 0 bridgehead atoms. The Bertz CT molecular complexity index is 426. The van der Waals surface area contributed by atoms with Crippen molar-refractivity contribution in [2.24, 2.45) is 0 Å². The van der Waals surface area contributed by atoms with E-state index in [4.69, 9.17) is 11.6 Å². The maximum atomic E-state index is 12.8. The van der Waals surface area contributed by atoms with Crippen LogP contribution in [-0.2, 0) is 11.3 Å². The average molecular weight is 307 g/mol. The van der Waals surface area contributed by atoms with E-state index in [1.54, 1.807) is 11.0 Å². The molecule has 0 saturated carbocycles. The van der Waals surface area contributed by atoms with Crippen LogP contribution in [0.3, 0.4) is 0 Å². The summed E-state index contributed by atoms with van der Waals surface area (Å²) < 4.78 is 12.8. The predicted octanol–water partition coefficient (Wildman–Crippen LogP) is 2.97. The molecule has 1 heterocycles. The molecule has 1 aromatic rings. The fourth-order valence-corrected chi connectivity index (χ4v) is 2.59. The van der Waals surface area contributed by atoms with Crippen LogP contribution in [0.4, 0.5) is 4.39 Å². The average Bonchev–Trinajstić information content (AvgIpc) is 2.50. The van der Waals surface area contributed by atoms with E-state index in [0.29, 0.717) is 24.5 Å². The Hall–Kier alpha value is -0.610. The van der Waals surface area contributed by atoms with Gasteiger partial charge in [-0.05, 0) is 17.7 Å². The van der Waals surface area contributed by atoms with Gasteiger partial charge in [0, 0.05) is 29.4 Å². The Morgan fingerprint density at radius 1 is 1.56 bits per heavy atom. The molecule has 0 radical (unpaired) electrons. The van der Waals surface area contributed by atoms with E-state index in [1.165, 1.54) is 12.1 Å². The van der Waals surface area contributed by atoms with Crippen molar-refractivity contribution in [3.05, 3.63) is 34.6 Å². The molecule has 2 rings (SSSR count). The highest BCUT2D eigenvalue weighted by molar-refractivity contribution is 9.09. The van der Waals surface area contributed by atoms with Crippen molar-refractivity contribution in [1.29, 1.82) is 0 Å². The molecule has 1 atom stereocenters. The molecular weight excluding hydrogens is 296 g/mol. The first-order chi connectivity index (χ1) is 7.56. The topological polar surface area (TPSA) is 20.3 Å². The van der Waals surface area contributed by atoms with Crippen LogP contribution in [0.2, 0.25) is 5.02 Å². The van der Waals surface area contributed by atoms with Crippen molar-refractivity contribution in [3.63, 3.8) is 0 Å². The fraction of sp³-hybridized carbons (Fsp3) is 0.364. The third-order valence-electron chi connectivity index (χ3n) is 2.54. The van der Waals surface area contributed by atoms with Gasteiger partial charge in [-0.3, -0.25) is 4.79 Å². The number of carbonyl (C=O) groups is 1. The van der Waals surface area contributed by atoms with Crippen LogP contribution in [0, 0.1) is 5.82 Å². The van der Waals surface area contributed by atoms with Crippen molar-refractivity contribution >= 4 is 33.4 Å². The minimum Gasteiger partial charge on any atom is -0.337 e. The second kappa shape index (κ2) is 4.72. The van der Waals surface area contributed by atoms with Gasteiger partial charge in [0.05, 0.1) is 0 Å². The molecule has 1 aromatic carbocycles. The lowest BCUT2D eigenvalue weighted by molar-refractivity contribution is -0.128. The molecule has 16 heavy (non-hydrogen) atoms. The van der Waals surface area contributed by atoms with Crippen LogP contribution in [0.5, 0.6) is 0 Å². The van der Waals surface area contributed by atoms with Crippen molar-refractivity contribution in [2.45, 2.75) is 17.8 Å². The summed E-state index contributed by atoms with van der Waals surface area (Å²) in [5, 5.41) is 0.367. The quantitative estimate of drug-likeness (QED) is 0.769. The van der Waals surface area contributed by atoms with Gasteiger partial charge in [-0.1, -0.05) is 33.6 Å². The largest absolute Gasteiger partial charge is 0.337 e. The number of alkyl halides is 1. The van der Waals surface area contributed by atoms with E-state index in [9.17, 15) is 9.18 Å². The number of nitrogens with zero attached hydrogens (tertiary/aromatic N) is 1. The molecule has 1 amide bonds. The van der Waals surface area contributed by atoms with E-state index < -0.39 is 0 Å². The van der Waals surface area contributed by atoms with E-state index in [1.807, 2.05) is 0 Å². The Labute approximate surface area is 107 Å². The van der Waals surface area contributed by atoms with Crippen molar-refractivity contribution in [3.8, 4) is 0 Å². The van der Waals surface area contributed by atoms with Gasteiger partial charge in [-0.2, -0.15) is 0 Å². The van der Waals surface area contributed by atoms with Gasteiger partial charge in [0.2, 0.25) is 5.91 Å². The zero-order valence-electron chi connectivity index (χ0n) is 8.42. The number of benzene rings is 1. The van der Waals surface area contributed by atoms with Crippen LogP contribution in [0.15, 0.2) is 18.2 Å². The summed E-state index contributed by atoms with van der Waals surface area (Å²) in [5.41, 5.74) is 0.776. The van der Waals surface area contributed by atoms with Crippen molar-refractivity contribution in [1.82, 2.24) is 4.90 Å². The first-order valence-electron chi connectivity index (χ1n) is 4.92. The number of hydrogen-bond donors (Lipinski definition) is 0. The third kappa shape index (κ3) is 2.55. The third-order valence-corrected chi connectivity index (χ3v) is 3.51. The molecule has 0 N–H and O–H groups in total. The highest BCUT2D eigenvalue weighted by atomic mass is 79.9. The number of amides is 1. The van der Waals surface area contributed by atoms with Gasteiger partial charge >= 0.3 is 0 Å². The van der Waals surface area contributed by atoms with E-state index in [-0.39, 0.29) is 16.6 Å². The zero-order chi connectivity index (χ0) is 11.7. The zero-order valence-corrected chi connectivity index (χ0v) is 10.8. The lowest BCUT2D eigenvalue weighted by atomic mass is 10.2. The SMILES string of the molecule is O=C1CC(Br)CN1Cc1ccc(F)cc1Cl. The number of rotatable bonds is 2. The van der Waals surface area contributed by atoms with Gasteiger partial charge < -0.3 is 4.90 Å². The minimum absolute atomic E-state index is 0.0993. The molecule has 1 saturated heterocycles. The van der Waals surface area contributed by atoms with Crippen molar-refractivity contribution < 1.29 is 9.18 Å². The van der Waals surface area contributed by atoms with Crippen LogP contribution < -0.4 is 0 Å². The summed E-state index contributed by atoms with van der Waals surface area (Å²) >= 11 is 9.31. The summed E-state index contributed by atoms with van der Waals surface area (Å²) in [4.78, 5) is 13.5. The highest BCUT2D eigenvalue weighted by Crippen LogP contribution is 2.24. The minimum atomic E-state index is -0.361. The lowest BCUT2D eigenvalue weighted by Gasteiger charge is -2.16. The number of halogens is 3. The van der Waals surface area contributed by atoms with E-state index in [0.717, 1.165) is 5.56 Å². The molecular formula is C11H10BrClFNO. The standard InChI is InChI=1S/C11H10BrClFNO/c12-8-3-11(16)15(6-8)5-7-1-2-9(14)4-10(7)13/h1-2,4,8H,3,5-6H2. The molecule has 1 fully saturated rings. The second-order valence-electron chi connectivity index (χ2n) is 3.81. The Morgan fingerprint density at radius 3 is 2.88 bits per heavy atom. The molecule has 5 heteroatoms. The second-order valence-corrected chi connectivity index (χ2v) is 5.51. The maximum Gasteiger partial charge on any atom is 0.224 e. The summed E-state index contributed by atoms with van der Waals surface area (Å²) in [6.07, 6.45) is 0.513. The van der Waals surface area contributed by atoms with Gasteiger partial charge in [0.25, 0.3) is 0 Å². The Balaban J connectivity index is 2.12. The normalized spacial score (nSPS) is 20.6. The van der Waals surface area contributed by atoms with Crippen LogP contribution >= 0.6 is 27.5 Å². The molecule has 1 aliphatic rings. The van der Waals surface area contributed by atoms with E-state index >= 15 is 0 Å². The molecule has 0 aliphatic carbocycles. The van der Waals surface area contributed by atoms with Gasteiger partial charge in [0.1, 0.15) is 5.82 Å². The summed E-state index contributed by atoms with van der Waals surface area (Å²) in [6.45, 7) is 1.12. The van der Waals surface area contributed by atoms with Crippen LogP contribution in [0.25, 0.3) is 0 Å².